The molecule has 9 nitrogen and oxygen atoms in total. The van der Waals surface area contributed by atoms with Gasteiger partial charge in [-0.2, -0.15) is 26.3 Å². The van der Waals surface area contributed by atoms with Gasteiger partial charge in [0.05, 0.1) is 12.4 Å². The van der Waals surface area contributed by atoms with Crippen molar-refractivity contribution in [1.29, 1.82) is 0 Å². The summed E-state index contributed by atoms with van der Waals surface area (Å²) in [7, 11) is 0. The molecule has 15 heteroatoms. The van der Waals surface area contributed by atoms with Gasteiger partial charge in [-0.05, 0) is 0 Å². The highest BCUT2D eigenvalue weighted by atomic mass is 19.4. The first-order chi connectivity index (χ1) is 12.6. The van der Waals surface area contributed by atoms with Crippen LogP contribution in [0.1, 0.15) is 5.82 Å². The Kier molecular flexibility index (Phi) is 5.72. The number of rotatable bonds is 2. The molecule has 0 fully saturated rings. The summed E-state index contributed by atoms with van der Waals surface area (Å²) < 4.78 is 72.5. The summed E-state index contributed by atoms with van der Waals surface area (Å²) in [5.74, 6) is -3.11. The number of carbonyl (C=O) groups is 1. The molecule has 0 aliphatic carbocycles. The Labute approximate surface area is 145 Å². The Morgan fingerprint density at radius 1 is 0.963 bits per heavy atom. The van der Waals surface area contributed by atoms with Crippen molar-refractivity contribution >= 4 is 17.4 Å². The topological polar surface area (TPSA) is 110 Å². The summed E-state index contributed by atoms with van der Waals surface area (Å²) in [6.45, 7) is 0. The fourth-order valence-corrected chi connectivity index (χ4v) is 1.50. The van der Waals surface area contributed by atoms with E-state index >= 15 is 0 Å². The molecule has 0 saturated heterocycles. The van der Waals surface area contributed by atoms with Gasteiger partial charge in [0.1, 0.15) is 0 Å². The molecule has 3 aromatic heterocycles. The molecule has 0 unspecified atom stereocenters. The number of hydrazine groups is 1. The quantitative estimate of drug-likeness (QED) is 0.502. The predicted octanol–water partition coefficient (Wildman–Crippen LogP) is 1.63. The molecular formula is C12H8F6N8O. The summed E-state index contributed by atoms with van der Waals surface area (Å²) in [4.78, 5) is 21.1. The number of nitrogens with zero attached hydrogens (tertiary/aromatic N) is 6. The Hall–Kier alpha value is -3.52. The van der Waals surface area contributed by atoms with Crippen molar-refractivity contribution in [3.63, 3.8) is 0 Å². The number of hydrogen-bond acceptors (Lipinski definition) is 7. The van der Waals surface area contributed by atoms with E-state index in [9.17, 15) is 31.1 Å². The van der Waals surface area contributed by atoms with Gasteiger partial charge in [-0.15, -0.1) is 10.2 Å². The second-order valence-electron chi connectivity index (χ2n) is 4.49. The van der Waals surface area contributed by atoms with E-state index in [1.165, 1.54) is 30.2 Å². The van der Waals surface area contributed by atoms with Crippen LogP contribution in [0.25, 0.3) is 5.65 Å². The van der Waals surface area contributed by atoms with Crippen LogP contribution in [0.5, 0.6) is 0 Å². The van der Waals surface area contributed by atoms with Crippen molar-refractivity contribution in [3.05, 3.63) is 43.0 Å². The van der Waals surface area contributed by atoms with E-state index in [-0.39, 0.29) is 11.5 Å². The van der Waals surface area contributed by atoms with Gasteiger partial charge in [-0.25, -0.2) is 4.98 Å². The summed E-state index contributed by atoms with van der Waals surface area (Å²) in [6, 6.07) is 0. The lowest BCUT2D eigenvalue weighted by Gasteiger charge is -2.08. The van der Waals surface area contributed by atoms with Crippen LogP contribution < -0.4 is 10.9 Å². The number of aromatic nitrogens is 6. The van der Waals surface area contributed by atoms with Crippen molar-refractivity contribution < 1.29 is 31.1 Å². The number of nitrogens with one attached hydrogen (secondary N) is 2. The molecule has 1 amide bonds. The molecular weight excluding hydrogens is 386 g/mol. The molecule has 0 radical (unpaired) electrons. The zero-order chi connectivity index (χ0) is 20.1. The van der Waals surface area contributed by atoms with Gasteiger partial charge < -0.3 is 0 Å². The zero-order valence-electron chi connectivity index (χ0n) is 12.8. The third kappa shape index (κ3) is 5.48. The second-order valence-corrected chi connectivity index (χ2v) is 4.49. The van der Waals surface area contributed by atoms with E-state index in [1.807, 2.05) is 5.43 Å². The number of alkyl halides is 6. The molecule has 0 aliphatic rings. The molecule has 0 atom stereocenters. The third-order valence-electron chi connectivity index (χ3n) is 2.59. The van der Waals surface area contributed by atoms with Gasteiger partial charge >= 0.3 is 18.3 Å². The number of carbonyl (C=O) groups excluding carboxylic acids is 1. The minimum atomic E-state index is -4.92. The molecule has 0 aromatic carbocycles. The molecule has 0 bridgehead atoms. The number of anilines is 1. The van der Waals surface area contributed by atoms with E-state index in [0.717, 1.165) is 16.8 Å². The van der Waals surface area contributed by atoms with E-state index in [2.05, 4.69) is 25.1 Å². The first-order valence-electron chi connectivity index (χ1n) is 6.70. The minimum Gasteiger partial charge on any atom is -0.280 e. The van der Waals surface area contributed by atoms with Crippen molar-refractivity contribution in [2.45, 2.75) is 12.4 Å². The minimum absolute atomic E-state index is 0.0186. The van der Waals surface area contributed by atoms with Gasteiger partial charge in [-0.1, -0.05) is 0 Å². The lowest BCUT2D eigenvalue weighted by Crippen LogP contribution is -2.40. The van der Waals surface area contributed by atoms with Crippen LogP contribution in [-0.4, -0.2) is 41.6 Å². The van der Waals surface area contributed by atoms with E-state index < -0.39 is 24.1 Å². The van der Waals surface area contributed by atoms with Crippen molar-refractivity contribution in [2.24, 2.45) is 0 Å². The largest absolute Gasteiger partial charge is 0.472 e. The van der Waals surface area contributed by atoms with Crippen LogP contribution in [0.2, 0.25) is 0 Å². The second kappa shape index (κ2) is 7.79. The van der Waals surface area contributed by atoms with Crippen LogP contribution in [0.15, 0.2) is 37.2 Å². The number of amides is 1. The van der Waals surface area contributed by atoms with E-state index in [1.54, 1.807) is 0 Å². The van der Waals surface area contributed by atoms with Crippen LogP contribution >= 0.6 is 0 Å². The Morgan fingerprint density at radius 2 is 1.67 bits per heavy atom. The maximum atomic E-state index is 12.2. The van der Waals surface area contributed by atoms with Crippen LogP contribution in [0, 0.1) is 0 Å². The van der Waals surface area contributed by atoms with Crippen molar-refractivity contribution in [2.75, 3.05) is 5.43 Å². The van der Waals surface area contributed by atoms with Gasteiger partial charge in [0, 0.05) is 24.8 Å². The van der Waals surface area contributed by atoms with Gasteiger partial charge in [0.2, 0.25) is 5.82 Å². The SMILES string of the molecule is FC(F)(F)c1nnc2cnccn12.O=C(NNc1cnccn1)C(F)(F)F. The average molecular weight is 394 g/mol. The number of hydrogen-bond donors (Lipinski definition) is 2. The zero-order valence-corrected chi connectivity index (χ0v) is 12.8. The Balaban J connectivity index is 0.000000194. The summed E-state index contributed by atoms with van der Waals surface area (Å²) in [6.07, 6.45) is -2.02. The predicted molar refractivity (Wildman–Crippen MR) is 75.6 cm³/mol. The average Bonchev–Trinajstić information content (AvgIpc) is 3.05. The standard InChI is InChI=1S/C6H5F3N4O.C6H3F3N4/c7-6(8,9)5(14)13-12-4-3-10-1-2-11-4;7-6(8,9)5-12-11-4-3-10-1-2-13(4)5/h1-3H,(H,11,12)(H,13,14);1-3H. The van der Waals surface area contributed by atoms with Gasteiger partial charge in [-0.3, -0.25) is 30.0 Å². The van der Waals surface area contributed by atoms with Gasteiger partial charge in [0.25, 0.3) is 0 Å². The lowest BCUT2D eigenvalue weighted by molar-refractivity contribution is -0.173. The monoisotopic (exact) mass is 394 g/mol. The number of fused-ring (bicyclic) bond motifs is 1. The summed E-state index contributed by atoms with van der Waals surface area (Å²) in [5.41, 5.74) is 3.46. The van der Waals surface area contributed by atoms with Crippen molar-refractivity contribution in [1.82, 2.24) is 35.0 Å². The molecule has 0 spiro atoms. The first kappa shape index (κ1) is 19.8. The van der Waals surface area contributed by atoms with E-state index in [0.29, 0.717) is 0 Å². The number of halogens is 6. The third-order valence-corrected chi connectivity index (χ3v) is 2.59. The van der Waals surface area contributed by atoms with Crippen molar-refractivity contribution in [3.8, 4) is 0 Å². The molecule has 27 heavy (non-hydrogen) atoms. The maximum absolute atomic E-state index is 12.2. The van der Waals surface area contributed by atoms with E-state index in [4.69, 9.17) is 0 Å². The molecule has 3 heterocycles. The smallest absolute Gasteiger partial charge is 0.280 e. The fourth-order valence-electron chi connectivity index (χ4n) is 1.50. The molecule has 0 aliphatic heterocycles. The van der Waals surface area contributed by atoms with Crippen LogP contribution in [0.4, 0.5) is 32.2 Å². The maximum Gasteiger partial charge on any atom is 0.472 e. The molecule has 3 aromatic rings. The van der Waals surface area contributed by atoms with Crippen LogP contribution in [-0.2, 0) is 11.0 Å². The lowest BCUT2D eigenvalue weighted by atomic mass is 10.5. The van der Waals surface area contributed by atoms with Gasteiger partial charge in [0.15, 0.2) is 11.5 Å². The fraction of sp³-hybridized carbons (Fsp3) is 0.167. The first-order valence-corrected chi connectivity index (χ1v) is 6.70. The highest BCUT2D eigenvalue weighted by Gasteiger charge is 2.38. The summed E-state index contributed by atoms with van der Waals surface area (Å²) >= 11 is 0. The highest BCUT2D eigenvalue weighted by molar-refractivity contribution is 5.82. The molecule has 0 saturated carbocycles. The normalized spacial score (nSPS) is 11.5. The molecule has 2 N–H and O–H groups in total. The molecule has 3 rings (SSSR count). The van der Waals surface area contributed by atoms with Crippen LogP contribution in [0.3, 0.4) is 0 Å². The highest BCUT2D eigenvalue weighted by Crippen LogP contribution is 2.27. The summed E-state index contributed by atoms with van der Waals surface area (Å²) in [5, 5.41) is 6.33. The Bertz CT molecular complexity index is 894. The Morgan fingerprint density at radius 3 is 2.26 bits per heavy atom. The molecule has 144 valence electrons.